The Labute approximate surface area is 246 Å². The SMILES string of the molecule is CCCCCCCCNC(=O)[C@H](Cc1ccc(OC(=O)OCc2ccccc2Br)cc1)NC(=O)CCCCCN. The molecule has 0 aliphatic carbocycles. The van der Waals surface area contributed by atoms with Crippen molar-refractivity contribution < 1.29 is 23.9 Å². The average molecular weight is 619 g/mol. The summed E-state index contributed by atoms with van der Waals surface area (Å²) < 4.78 is 11.3. The van der Waals surface area contributed by atoms with E-state index in [4.69, 9.17) is 15.2 Å². The Kier molecular flexibility index (Phi) is 16.7. The second-order valence-electron chi connectivity index (χ2n) is 9.86. The molecule has 0 aliphatic heterocycles. The molecule has 2 rings (SSSR count). The molecular formula is C31H44BrN3O5. The van der Waals surface area contributed by atoms with Gasteiger partial charge in [-0.3, -0.25) is 9.59 Å². The highest BCUT2D eigenvalue weighted by Gasteiger charge is 2.21. The summed E-state index contributed by atoms with van der Waals surface area (Å²) in [4.78, 5) is 37.7. The predicted octanol–water partition coefficient (Wildman–Crippen LogP) is 6.19. The third kappa shape index (κ3) is 13.9. The van der Waals surface area contributed by atoms with Crippen LogP contribution >= 0.6 is 15.9 Å². The molecule has 0 saturated carbocycles. The van der Waals surface area contributed by atoms with Crippen molar-refractivity contribution in [2.45, 2.75) is 90.2 Å². The Balaban J connectivity index is 1.89. The lowest BCUT2D eigenvalue weighted by Crippen LogP contribution is -2.48. The zero-order chi connectivity index (χ0) is 29.0. The summed E-state index contributed by atoms with van der Waals surface area (Å²) >= 11 is 3.42. The Hall–Kier alpha value is -2.91. The lowest BCUT2D eigenvalue weighted by atomic mass is 10.0. The van der Waals surface area contributed by atoms with Crippen LogP contribution in [0.1, 0.15) is 82.3 Å². The van der Waals surface area contributed by atoms with Crippen molar-refractivity contribution in [1.29, 1.82) is 0 Å². The van der Waals surface area contributed by atoms with E-state index >= 15 is 0 Å². The Bertz CT molecular complexity index is 1030. The van der Waals surface area contributed by atoms with Gasteiger partial charge in [0.1, 0.15) is 18.4 Å². The van der Waals surface area contributed by atoms with Gasteiger partial charge in [-0.25, -0.2) is 4.79 Å². The van der Waals surface area contributed by atoms with E-state index in [0.717, 1.165) is 47.7 Å². The predicted molar refractivity (Wildman–Crippen MR) is 161 cm³/mol. The smallest absolute Gasteiger partial charge is 0.429 e. The van der Waals surface area contributed by atoms with Gasteiger partial charge in [0.25, 0.3) is 0 Å². The van der Waals surface area contributed by atoms with Crippen LogP contribution in [0.5, 0.6) is 5.75 Å². The van der Waals surface area contributed by atoms with Gasteiger partial charge in [0.15, 0.2) is 0 Å². The maximum absolute atomic E-state index is 13.0. The standard InChI is InChI=1S/C31H44BrN3O5/c1-2-3-4-5-6-12-21-34-30(37)28(35-29(36)15-8-7-11-20-33)22-24-16-18-26(19-17-24)40-31(38)39-23-25-13-9-10-14-27(25)32/h9-10,13-14,16-19,28H,2-8,11-12,15,20-23,33H2,1H3,(H,34,37)(H,35,36)/t28-/m0/s1. The van der Waals surface area contributed by atoms with E-state index in [2.05, 4.69) is 33.5 Å². The zero-order valence-electron chi connectivity index (χ0n) is 23.6. The summed E-state index contributed by atoms with van der Waals surface area (Å²) in [6, 6.07) is 13.6. The van der Waals surface area contributed by atoms with Gasteiger partial charge in [0.05, 0.1) is 0 Å². The minimum Gasteiger partial charge on any atom is -0.429 e. The normalized spacial score (nSPS) is 11.5. The van der Waals surface area contributed by atoms with Crippen LogP contribution in [0.15, 0.2) is 53.0 Å². The molecule has 0 aliphatic rings. The van der Waals surface area contributed by atoms with E-state index in [-0.39, 0.29) is 18.4 Å². The van der Waals surface area contributed by atoms with Gasteiger partial charge < -0.3 is 25.8 Å². The van der Waals surface area contributed by atoms with Crippen molar-refractivity contribution in [2.75, 3.05) is 13.1 Å². The number of hydrogen-bond acceptors (Lipinski definition) is 6. The number of benzene rings is 2. The lowest BCUT2D eigenvalue weighted by molar-refractivity contribution is -0.129. The monoisotopic (exact) mass is 617 g/mol. The van der Waals surface area contributed by atoms with Gasteiger partial charge in [0.2, 0.25) is 11.8 Å². The van der Waals surface area contributed by atoms with E-state index < -0.39 is 12.2 Å². The Morgan fingerprint density at radius 2 is 1.60 bits per heavy atom. The molecule has 0 spiro atoms. The van der Waals surface area contributed by atoms with E-state index in [1.54, 1.807) is 24.3 Å². The molecule has 0 fully saturated rings. The first-order chi connectivity index (χ1) is 19.4. The largest absolute Gasteiger partial charge is 0.514 e. The summed E-state index contributed by atoms with van der Waals surface area (Å²) in [7, 11) is 0. The van der Waals surface area contributed by atoms with E-state index in [0.29, 0.717) is 31.7 Å². The number of ether oxygens (including phenoxy) is 2. The van der Waals surface area contributed by atoms with Crippen LogP contribution in [0.2, 0.25) is 0 Å². The van der Waals surface area contributed by atoms with Crippen LogP contribution in [0, 0.1) is 0 Å². The molecule has 8 nitrogen and oxygen atoms in total. The molecule has 0 saturated heterocycles. The molecule has 4 N–H and O–H groups in total. The number of nitrogens with one attached hydrogen (secondary N) is 2. The van der Waals surface area contributed by atoms with Gasteiger partial charge >= 0.3 is 6.16 Å². The van der Waals surface area contributed by atoms with Crippen LogP contribution in [0.3, 0.4) is 0 Å². The van der Waals surface area contributed by atoms with Gasteiger partial charge in [-0.05, 0) is 49.6 Å². The number of amides is 2. The molecule has 0 heterocycles. The van der Waals surface area contributed by atoms with E-state index in [1.807, 2.05) is 24.3 Å². The molecule has 0 radical (unpaired) electrons. The fraction of sp³-hybridized carbons (Fsp3) is 0.516. The molecule has 40 heavy (non-hydrogen) atoms. The zero-order valence-corrected chi connectivity index (χ0v) is 25.2. The van der Waals surface area contributed by atoms with Crippen LogP contribution in [0.25, 0.3) is 0 Å². The number of carbonyl (C=O) groups is 3. The number of rotatable bonds is 19. The first kappa shape index (κ1) is 33.3. The van der Waals surface area contributed by atoms with Crippen LogP contribution in [0.4, 0.5) is 4.79 Å². The molecule has 2 aromatic rings. The van der Waals surface area contributed by atoms with Crippen LogP contribution < -0.4 is 21.1 Å². The van der Waals surface area contributed by atoms with Crippen LogP contribution in [-0.4, -0.2) is 37.1 Å². The molecule has 220 valence electrons. The quantitative estimate of drug-likeness (QED) is 0.0982. The molecule has 1 atom stereocenters. The van der Waals surface area contributed by atoms with Crippen molar-refractivity contribution in [3.8, 4) is 5.75 Å². The number of hydrogen-bond donors (Lipinski definition) is 3. The van der Waals surface area contributed by atoms with Gasteiger partial charge in [0, 0.05) is 29.4 Å². The highest BCUT2D eigenvalue weighted by molar-refractivity contribution is 9.10. The van der Waals surface area contributed by atoms with Crippen LogP contribution in [-0.2, 0) is 27.4 Å². The van der Waals surface area contributed by atoms with Crippen molar-refractivity contribution in [1.82, 2.24) is 10.6 Å². The summed E-state index contributed by atoms with van der Waals surface area (Å²) in [5.41, 5.74) is 7.20. The molecule has 2 amide bonds. The van der Waals surface area contributed by atoms with Crippen molar-refractivity contribution in [2.24, 2.45) is 5.73 Å². The molecular weight excluding hydrogens is 574 g/mol. The fourth-order valence-corrected chi connectivity index (χ4v) is 4.53. The second-order valence-corrected chi connectivity index (χ2v) is 10.7. The topological polar surface area (TPSA) is 120 Å². The van der Waals surface area contributed by atoms with Gasteiger partial charge in [-0.2, -0.15) is 0 Å². The average Bonchev–Trinajstić information content (AvgIpc) is 2.95. The maximum atomic E-state index is 13.0. The summed E-state index contributed by atoms with van der Waals surface area (Å²) in [5.74, 6) is -0.0155. The third-order valence-corrected chi connectivity index (χ3v) is 7.23. The molecule has 0 unspecified atom stereocenters. The van der Waals surface area contributed by atoms with Crippen molar-refractivity contribution >= 4 is 33.9 Å². The first-order valence-corrected chi connectivity index (χ1v) is 15.2. The third-order valence-electron chi connectivity index (χ3n) is 6.46. The number of nitrogens with two attached hydrogens (primary N) is 1. The van der Waals surface area contributed by atoms with E-state index in [1.165, 1.54) is 25.7 Å². The molecule has 0 bridgehead atoms. The van der Waals surface area contributed by atoms with E-state index in [9.17, 15) is 14.4 Å². The Morgan fingerprint density at radius 1 is 0.900 bits per heavy atom. The minimum absolute atomic E-state index is 0.0831. The number of halogens is 1. The molecule has 2 aromatic carbocycles. The number of unbranched alkanes of at least 4 members (excludes halogenated alkanes) is 7. The van der Waals surface area contributed by atoms with Gasteiger partial charge in [-0.15, -0.1) is 0 Å². The second kappa shape index (κ2) is 20.0. The summed E-state index contributed by atoms with van der Waals surface area (Å²) in [6.45, 7) is 3.46. The lowest BCUT2D eigenvalue weighted by Gasteiger charge is -2.19. The first-order valence-electron chi connectivity index (χ1n) is 14.4. The Morgan fingerprint density at radius 3 is 2.33 bits per heavy atom. The summed E-state index contributed by atoms with van der Waals surface area (Å²) in [6.07, 6.45) is 9.18. The molecule has 0 aromatic heterocycles. The van der Waals surface area contributed by atoms with Gasteiger partial charge in [-0.1, -0.05) is 91.7 Å². The highest BCUT2D eigenvalue weighted by Crippen LogP contribution is 2.18. The van der Waals surface area contributed by atoms with Crippen molar-refractivity contribution in [3.05, 3.63) is 64.1 Å². The fourth-order valence-electron chi connectivity index (χ4n) is 4.13. The minimum atomic E-state index is -0.808. The highest BCUT2D eigenvalue weighted by atomic mass is 79.9. The maximum Gasteiger partial charge on any atom is 0.514 e. The van der Waals surface area contributed by atoms with Crippen molar-refractivity contribution in [3.63, 3.8) is 0 Å². The number of carbonyl (C=O) groups excluding carboxylic acids is 3. The molecule has 9 heteroatoms. The summed E-state index contributed by atoms with van der Waals surface area (Å²) in [5, 5.41) is 5.89.